The summed E-state index contributed by atoms with van der Waals surface area (Å²) >= 11 is 5.85. The first-order valence-electron chi connectivity index (χ1n) is 12.1. The van der Waals surface area contributed by atoms with Gasteiger partial charge in [0.25, 0.3) is 5.56 Å². The molecule has 0 spiro atoms. The van der Waals surface area contributed by atoms with E-state index in [9.17, 15) is 4.79 Å². The number of pyridine rings is 1. The van der Waals surface area contributed by atoms with E-state index in [-0.39, 0.29) is 11.6 Å². The molecule has 4 rings (SSSR count). The Hall–Kier alpha value is -2.90. The van der Waals surface area contributed by atoms with Gasteiger partial charge in [0.05, 0.1) is 19.2 Å². The van der Waals surface area contributed by atoms with Crippen molar-refractivity contribution in [3.05, 3.63) is 76.1 Å². The van der Waals surface area contributed by atoms with E-state index >= 15 is 0 Å². The van der Waals surface area contributed by atoms with Gasteiger partial charge < -0.3 is 24.8 Å². The van der Waals surface area contributed by atoms with Gasteiger partial charge in [0.2, 0.25) is 0 Å². The van der Waals surface area contributed by atoms with Gasteiger partial charge in [-0.05, 0) is 81.8 Å². The first kappa shape index (κ1) is 24.2. The Morgan fingerprint density at radius 2 is 1.94 bits per heavy atom. The van der Waals surface area contributed by atoms with Crippen LogP contribution in [0, 0.1) is 0 Å². The molecule has 0 unspecified atom stereocenters. The van der Waals surface area contributed by atoms with Crippen molar-refractivity contribution < 1.29 is 4.74 Å². The molecule has 1 aliphatic rings. The molecule has 7 heteroatoms. The molecule has 0 bridgehead atoms. The third-order valence-corrected chi connectivity index (χ3v) is 6.75. The van der Waals surface area contributed by atoms with Crippen molar-refractivity contribution in [2.24, 2.45) is 0 Å². The minimum absolute atomic E-state index is 0.0756. The molecule has 180 valence electrons. The highest BCUT2D eigenvalue weighted by Crippen LogP contribution is 2.20. The number of nitrogens with zero attached hydrogens (tertiary/aromatic N) is 2. The minimum atomic E-state index is -0.0817. The van der Waals surface area contributed by atoms with Crippen LogP contribution in [0.1, 0.15) is 43.9 Å². The van der Waals surface area contributed by atoms with Crippen LogP contribution in [0.3, 0.4) is 0 Å². The van der Waals surface area contributed by atoms with Gasteiger partial charge in [-0.15, -0.1) is 0 Å². The Balaban J connectivity index is 1.55. The predicted molar refractivity (Wildman–Crippen MR) is 142 cm³/mol. The van der Waals surface area contributed by atoms with Crippen LogP contribution < -0.4 is 15.6 Å². The molecule has 2 N–H and O–H groups in total. The average Bonchev–Trinajstić information content (AvgIpc) is 3.36. The summed E-state index contributed by atoms with van der Waals surface area (Å²) in [5, 5.41) is 5.10. The van der Waals surface area contributed by atoms with Crippen LogP contribution in [-0.2, 0) is 6.54 Å². The van der Waals surface area contributed by atoms with Crippen LogP contribution in [0.25, 0.3) is 10.9 Å². The summed E-state index contributed by atoms with van der Waals surface area (Å²) < 4.78 is 5.65. The van der Waals surface area contributed by atoms with Gasteiger partial charge >= 0.3 is 0 Å². The molecular weight excluding hydrogens is 444 g/mol. The Morgan fingerprint density at radius 1 is 1.18 bits per heavy atom. The number of hydrogen-bond acceptors (Lipinski definition) is 4. The summed E-state index contributed by atoms with van der Waals surface area (Å²) in [7, 11) is 0. The van der Waals surface area contributed by atoms with Crippen molar-refractivity contribution in [2.75, 3.05) is 32.8 Å². The summed E-state index contributed by atoms with van der Waals surface area (Å²) in [6, 6.07) is 18.1. The molecule has 0 amide bonds. The van der Waals surface area contributed by atoms with Crippen LogP contribution in [-0.4, -0.2) is 52.7 Å². The van der Waals surface area contributed by atoms with Gasteiger partial charge in [0.15, 0.2) is 5.11 Å². The maximum atomic E-state index is 12.9. The van der Waals surface area contributed by atoms with Gasteiger partial charge in [-0.25, -0.2) is 0 Å². The summed E-state index contributed by atoms with van der Waals surface area (Å²) in [6.07, 6.45) is 2.50. The largest absolute Gasteiger partial charge is 0.494 e. The normalized spacial score (nSPS) is 14.8. The lowest BCUT2D eigenvalue weighted by atomic mass is 10.1. The molecular formula is C27H34N4O2S. The van der Waals surface area contributed by atoms with E-state index in [1.54, 1.807) is 0 Å². The smallest absolute Gasteiger partial charge is 0.253 e. The molecule has 1 atom stereocenters. The lowest BCUT2D eigenvalue weighted by molar-refractivity contribution is 0.284. The van der Waals surface area contributed by atoms with Crippen molar-refractivity contribution in [3.8, 4) is 5.75 Å². The van der Waals surface area contributed by atoms with Gasteiger partial charge in [0.1, 0.15) is 5.75 Å². The summed E-state index contributed by atoms with van der Waals surface area (Å²) in [4.78, 5) is 20.5. The molecule has 1 fully saturated rings. The summed E-state index contributed by atoms with van der Waals surface area (Å²) in [5.74, 6) is 0.799. The van der Waals surface area contributed by atoms with Gasteiger partial charge in [-0.1, -0.05) is 30.3 Å². The number of H-pyrrole nitrogens is 1. The first-order valence-corrected chi connectivity index (χ1v) is 12.6. The minimum Gasteiger partial charge on any atom is -0.494 e. The lowest BCUT2D eigenvalue weighted by Gasteiger charge is -2.30. The van der Waals surface area contributed by atoms with E-state index in [1.807, 2.05) is 49.4 Å². The Morgan fingerprint density at radius 3 is 2.68 bits per heavy atom. The third kappa shape index (κ3) is 6.15. The van der Waals surface area contributed by atoms with Crippen LogP contribution in [0.4, 0.5) is 0 Å². The molecule has 1 aromatic heterocycles. The molecule has 0 saturated carbocycles. The van der Waals surface area contributed by atoms with Gasteiger partial charge in [-0.3, -0.25) is 4.79 Å². The highest BCUT2D eigenvalue weighted by molar-refractivity contribution is 7.80. The van der Waals surface area contributed by atoms with Crippen molar-refractivity contribution in [1.82, 2.24) is 20.1 Å². The number of thiocarbonyl (C=S) groups is 1. The number of fused-ring (bicyclic) bond motifs is 1. The van der Waals surface area contributed by atoms with Crippen LogP contribution in [0.2, 0.25) is 0 Å². The molecule has 2 aromatic carbocycles. The van der Waals surface area contributed by atoms with Crippen molar-refractivity contribution in [3.63, 3.8) is 0 Å². The topological polar surface area (TPSA) is 60.6 Å². The standard InChI is InChI=1S/C27H34N4O2S/c1-3-33-24-11-12-25-22(18-24)17-23(26(32)29-25)19-31(16-15-30-13-7-8-14-30)27(34)28-20(2)21-9-5-4-6-10-21/h4-6,9-12,17-18,20H,3,7-8,13-16,19H2,1-2H3,(H,28,34)(H,29,32)/t20-/m0/s1. The van der Waals surface area contributed by atoms with E-state index < -0.39 is 0 Å². The van der Waals surface area contributed by atoms with E-state index in [2.05, 4.69) is 39.2 Å². The Bertz CT molecular complexity index is 1160. The van der Waals surface area contributed by atoms with Crippen LogP contribution >= 0.6 is 12.2 Å². The fourth-order valence-corrected chi connectivity index (χ4v) is 4.76. The summed E-state index contributed by atoms with van der Waals surface area (Å²) in [6.45, 7) is 9.09. The van der Waals surface area contributed by atoms with Crippen molar-refractivity contribution in [2.45, 2.75) is 39.3 Å². The second kappa shape index (κ2) is 11.5. The quantitative estimate of drug-likeness (QED) is 0.443. The van der Waals surface area contributed by atoms with E-state index in [4.69, 9.17) is 17.0 Å². The molecule has 3 aromatic rings. The molecule has 1 aliphatic heterocycles. The van der Waals surface area contributed by atoms with E-state index in [1.165, 1.54) is 18.4 Å². The highest BCUT2D eigenvalue weighted by atomic mass is 32.1. The maximum absolute atomic E-state index is 12.9. The molecule has 1 saturated heterocycles. The fourth-order valence-electron chi connectivity index (χ4n) is 4.43. The maximum Gasteiger partial charge on any atom is 0.253 e. The SMILES string of the molecule is CCOc1ccc2[nH]c(=O)c(CN(CCN3CCCC3)C(=S)N[C@@H](C)c3ccccc3)cc2c1. The zero-order chi connectivity index (χ0) is 23.9. The molecule has 0 aliphatic carbocycles. The number of benzene rings is 2. The number of hydrogen-bond donors (Lipinski definition) is 2. The number of aromatic amines is 1. The number of rotatable bonds is 9. The fraction of sp³-hybridized carbons (Fsp3) is 0.407. The number of likely N-dealkylation sites (tertiary alicyclic amines) is 1. The van der Waals surface area contributed by atoms with E-state index in [0.29, 0.717) is 23.8 Å². The predicted octanol–water partition coefficient (Wildman–Crippen LogP) is 4.46. The number of aromatic nitrogens is 1. The monoisotopic (exact) mass is 478 g/mol. The molecule has 2 heterocycles. The Labute approximate surface area is 206 Å². The number of ether oxygens (including phenoxy) is 1. The zero-order valence-electron chi connectivity index (χ0n) is 20.0. The molecule has 0 radical (unpaired) electrons. The second-order valence-electron chi connectivity index (χ2n) is 8.86. The van der Waals surface area contributed by atoms with Gasteiger partial charge in [-0.2, -0.15) is 0 Å². The first-order chi connectivity index (χ1) is 16.5. The van der Waals surface area contributed by atoms with Gasteiger partial charge in [0, 0.05) is 29.6 Å². The third-order valence-electron chi connectivity index (χ3n) is 6.38. The van der Waals surface area contributed by atoms with Crippen molar-refractivity contribution in [1.29, 1.82) is 0 Å². The molecule has 34 heavy (non-hydrogen) atoms. The van der Waals surface area contributed by atoms with Crippen molar-refractivity contribution >= 4 is 28.2 Å². The molecule has 6 nitrogen and oxygen atoms in total. The lowest BCUT2D eigenvalue weighted by Crippen LogP contribution is -2.44. The van der Waals surface area contributed by atoms with Crippen LogP contribution in [0.5, 0.6) is 5.75 Å². The number of nitrogens with one attached hydrogen (secondary N) is 2. The Kier molecular flexibility index (Phi) is 8.19. The second-order valence-corrected chi connectivity index (χ2v) is 9.24. The highest BCUT2D eigenvalue weighted by Gasteiger charge is 2.18. The van der Waals surface area contributed by atoms with Crippen LogP contribution in [0.15, 0.2) is 59.4 Å². The summed E-state index contributed by atoms with van der Waals surface area (Å²) in [5.41, 5.74) is 2.59. The average molecular weight is 479 g/mol. The zero-order valence-corrected chi connectivity index (χ0v) is 20.9. The van der Waals surface area contributed by atoms with E-state index in [0.717, 1.165) is 42.8 Å².